The van der Waals surface area contributed by atoms with Gasteiger partial charge in [0.25, 0.3) is 0 Å². The monoisotopic (exact) mass is 232 g/mol. The van der Waals surface area contributed by atoms with Crippen LogP contribution in [0.5, 0.6) is 0 Å². The maximum absolute atomic E-state index is 4.99. The van der Waals surface area contributed by atoms with E-state index in [2.05, 4.69) is 22.4 Å². The molecule has 0 fully saturated rings. The van der Waals surface area contributed by atoms with Gasteiger partial charge in [-0.1, -0.05) is 18.2 Å². The van der Waals surface area contributed by atoms with E-state index < -0.39 is 0 Å². The molecular formula is C14H20N2O. The predicted octanol–water partition coefficient (Wildman–Crippen LogP) is 2.22. The summed E-state index contributed by atoms with van der Waals surface area (Å²) in [7, 11) is 1.73. The molecule has 0 amide bonds. The van der Waals surface area contributed by atoms with Crippen LogP contribution in [0.3, 0.4) is 0 Å². The second-order valence-corrected chi connectivity index (χ2v) is 3.85. The number of nitrogens with one attached hydrogen (secondary N) is 1. The molecular weight excluding hydrogens is 212 g/mol. The molecule has 0 aliphatic carbocycles. The van der Waals surface area contributed by atoms with Crippen LogP contribution in [-0.4, -0.2) is 26.1 Å². The molecule has 92 valence electrons. The molecule has 1 aromatic rings. The summed E-state index contributed by atoms with van der Waals surface area (Å²) < 4.78 is 4.99. The minimum absolute atomic E-state index is 0.661. The first-order valence-corrected chi connectivity index (χ1v) is 5.94. The van der Waals surface area contributed by atoms with E-state index in [1.54, 1.807) is 7.11 Å². The number of ether oxygens (including phenoxy) is 1. The molecule has 0 spiro atoms. The summed E-state index contributed by atoms with van der Waals surface area (Å²) in [6.07, 6.45) is 2.18. The zero-order chi connectivity index (χ0) is 12.3. The third kappa shape index (κ3) is 6.60. The van der Waals surface area contributed by atoms with Crippen LogP contribution in [0.1, 0.15) is 25.3 Å². The molecule has 0 aliphatic heterocycles. The fraction of sp³-hybridized carbons (Fsp3) is 0.500. The van der Waals surface area contributed by atoms with Gasteiger partial charge in [0, 0.05) is 25.8 Å². The van der Waals surface area contributed by atoms with Crippen LogP contribution in [0.15, 0.2) is 23.2 Å². The third-order valence-corrected chi connectivity index (χ3v) is 2.35. The predicted molar refractivity (Wildman–Crippen MR) is 70.0 cm³/mol. The smallest absolute Gasteiger partial charge is 0.0936 e. The molecule has 1 aromatic carbocycles. The van der Waals surface area contributed by atoms with Crippen molar-refractivity contribution >= 4 is 5.84 Å². The van der Waals surface area contributed by atoms with Crippen molar-refractivity contribution in [3.05, 3.63) is 35.9 Å². The van der Waals surface area contributed by atoms with Crippen molar-refractivity contribution in [3.63, 3.8) is 0 Å². The molecule has 1 N–H and O–H groups in total. The van der Waals surface area contributed by atoms with Crippen molar-refractivity contribution in [1.82, 2.24) is 5.32 Å². The van der Waals surface area contributed by atoms with Crippen LogP contribution in [0.2, 0.25) is 0 Å². The van der Waals surface area contributed by atoms with E-state index in [9.17, 15) is 0 Å². The van der Waals surface area contributed by atoms with E-state index in [0.717, 1.165) is 37.4 Å². The Labute approximate surface area is 104 Å². The van der Waals surface area contributed by atoms with Crippen LogP contribution in [-0.2, 0) is 11.3 Å². The number of rotatable bonds is 7. The average molecular weight is 232 g/mol. The Hall–Kier alpha value is -1.53. The summed E-state index contributed by atoms with van der Waals surface area (Å²) in [6, 6.07) is 11.8. The fourth-order valence-corrected chi connectivity index (χ4v) is 1.38. The standard InChI is InChI=1S/C14H20N2O/c1-13(15-10-6-7-11-17-2)16-12-14-8-4-3-5-9-14/h3-4,8H,6-7,10-12H2,1-2H3,(H,15,16). The SMILES string of the molecule is COCCCCNC(C)=NCc1c#cccc1. The van der Waals surface area contributed by atoms with Gasteiger partial charge >= 0.3 is 0 Å². The summed E-state index contributed by atoms with van der Waals surface area (Å²) >= 11 is 0. The van der Waals surface area contributed by atoms with E-state index >= 15 is 0 Å². The Morgan fingerprint density at radius 1 is 1.47 bits per heavy atom. The number of hydrogen-bond acceptors (Lipinski definition) is 2. The van der Waals surface area contributed by atoms with Gasteiger partial charge in [0.15, 0.2) is 0 Å². The molecule has 0 saturated carbocycles. The van der Waals surface area contributed by atoms with Crippen LogP contribution in [0.25, 0.3) is 0 Å². The number of unbranched alkanes of at least 4 members (excludes halogenated alkanes) is 1. The lowest BCUT2D eigenvalue weighted by Crippen LogP contribution is -2.21. The first kappa shape index (κ1) is 13.5. The number of amidine groups is 1. The normalized spacial score (nSPS) is 11.1. The number of nitrogens with zero attached hydrogens (tertiary/aromatic N) is 1. The zero-order valence-electron chi connectivity index (χ0n) is 10.6. The summed E-state index contributed by atoms with van der Waals surface area (Å²) in [5.74, 6) is 0.972. The highest BCUT2D eigenvalue weighted by Gasteiger charge is 1.92. The van der Waals surface area contributed by atoms with Crippen molar-refractivity contribution in [2.75, 3.05) is 20.3 Å². The molecule has 0 atom stereocenters. The van der Waals surface area contributed by atoms with E-state index in [-0.39, 0.29) is 0 Å². The van der Waals surface area contributed by atoms with Crippen LogP contribution in [0.4, 0.5) is 0 Å². The molecule has 3 nitrogen and oxygen atoms in total. The van der Waals surface area contributed by atoms with Gasteiger partial charge in [-0.05, 0) is 31.9 Å². The first-order valence-electron chi connectivity index (χ1n) is 5.94. The average Bonchev–Trinajstić information content (AvgIpc) is 2.37. The topological polar surface area (TPSA) is 33.6 Å². The highest BCUT2D eigenvalue weighted by atomic mass is 16.5. The van der Waals surface area contributed by atoms with E-state index in [0.29, 0.717) is 6.54 Å². The van der Waals surface area contributed by atoms with Gasteiger partial charge in [0.05, 0.1) is 12.4 Å². The second kappa shape index (κ2) is 8.60. The van der Waals surface area contributed by atoms with Crippen molar-refractivity contribution in [2.45, 2.75) is 26.3 Å². The molecule has 0 aromatic heterocycles. The lowest BCUT2D eigenvalue weighted by atomic mass is 10.3. The first-order chi connectivity index (χ1) is 8.33. The van der Waals surface area contributed by atoms with Gasteiger partial charge in [-0.2, -0.15) is 0 Å². The summed E-state index contributed by atoms with van der Waals surface area (Å²) in [6.45, 7) is 4.42. The molecule has 0 unspecified atom stereocenters. The summed E-state index contributed by atoms with van der Waals surface area (Å²) in [4.78, 5) is 4.44. The van der Waals surface area contributed by atoms with Gasteiger partial charge in [-0.3, -0.25) is 4.99 Å². The van der Waals surface area contributed by atoms with Crippen molar-refractivity contribution in [3.8, 4) is 0 Å². The Balaban J connectivity index is 2.17. The third-order valence-electron chi connectivity index (χ3n) is 2.35. The molecule has 17 heavy (non-hydrogen) atoms. The largest absolute Gasteiger partial charge is 0.385 e. The molecule has 0 bridgehead atoms. The lowest BCUT2D eigenvalue weighted by Gasteiger charge is -2.05. The number of hydrogen-bond donors (Lipinski definition) is 1. The molecule has 1 rings (SSSR count). The van der Waals surface area contributed by atoms with Crippen LogP contribution < -0.4 is 5.32 Å². The van der Waals surface area contributed by atoms with Gasteiger partial charge in [-0.15, -0.1) is 0 Å². The maximum Gasteiger partial charge on any atom is 0.0936 e. The summed E-state index contributed by atoms with van der Waals surface area (Å²) in [5.41, 5.74) is 1.06. The van der Waals surface area contributed by atoms with Crippen molar-refractivity contribution in [2.24, 2.45) is 4.99 Å². The van der Waals surface area contributed by atoms with Gasteiger partial charge in [0.2, 0.25) is 0 Å². The lowest BCUT2D eigenvalue weighted by molar-refractivity contribution is 0.193. The minimum Gasteiger partial charge on any atom is -0.385 e. The van der Waals surface area contributed by atoms with Crippen molar-refractivity contribution < 1.29 is 4.74 Å². The van der Waals surface area contributed by atoms with Gasteiger partial charge in [-0.25, -0.2) is 0 Å². The fourth-order valence-electron chi connectivity index (χ4n) is 1.38. The van der Waals surface area contributed by atoms with Crippen molar-refractivity contribution in [1.29, 1.82) is 0 Å². The van der Waals surface area contributed by atoms with E-state index in [1.807, 2.05) is 25.1 Å². The number of methoxy groups -OCH3 is 1. The van der Waals surface area contributed by atoms with Crippen LogP contribution >= 0.6 is 0 Å². The van der Waals surface area contributed by atoms with Gasteiger partial charge < -0.3 is 10.1 Å². The van der Waals surface area contributed by atoms with E-state index in [4.69, 9.17) is 4.74 Å². The van der Waals surface area contributed by atoms with Crippen LogP contribution in [0, 0.1) is 12.1 Å². The molecule has 0 saturated heterocycles. The molecule has 0 radical (unpaired) electrons. The summed E-state index contributed by atoms with van der Waals surface area (Å²) in [5, 5.41) is 3.28. The molecule has 0 aliphatic rings. The number of aliphatic imine (C=N–C) groups is 1. The Morgan fingerprint density at radius 3 is 3.06 bits per heavy atom. The highest BCUT2D eigenvalue weighted by molar-refractivity contribution is 5.79. The maximum atomic E-state index is 4.99. The van der Waals surface area contributed by atoms with Gasteiger partial charge in [0.1, 0.15) is 0 Å². The molecule has 0 heterocycles. The molecule has 3 heteroatoms. The Bertz CT molecular complexity index is 322. The minimum atomic E-state index is 0.661. The Kier molecular flexibility index (Phi) is 6.85. The Morgan fingerprint density at radius 2 is 2.35 bits per heavy atom. The highest BCUT2D eigenvalue weighted by Crippen LogP contribution is 1.95. The second-order valence-electron chi connectivity index (χ2n) is 3.85. The zero-order valence-corrected chi connectivity index (χ0v) is 10.6. The quantitative estimate of drug-likeness (QED) is 0.444. The van der Waals surface area contributed by atoms with E-state index in [1.165, 1.54) is 0 Å².